The number of nitrogens with zero attached hydrogens (tertiary/aromatic N) is 1. The van der Waals surface area contributed by atoms with E-state index in [1.807, 2.05) is 36.4 Å². The van der Waals surface area contributed by atoms with Crippen LogP contribution < -0.4 is 21.3 Å². The number of aromatic nitrogens is 2. The van der Waals surface area contributed by atoms with Crippen molar-refractivity contribution < 1.29 is 14.6 Å². The molecule has 10 heteroatoms. The summed E-state index contributed by atoms with van der Waals surface area (Å²) in [6.45, 7) is 2.77. The number of aryl methyl sites for hydroxylation is 1. The Bertz CT molecular complexity index is 1260. The number of hydrogen-bond donors (Lipinski definition) is 3. The second kappa shape index (κ2) is 10.8. The summed E-state index contributed by atoms with van der Waals surface area (Å²) in [6, 6.07) is 12.8. The van der Waals surface area contributed by atoms with Crippen LogP contribution >= 0.6 is 23.2 Å². The van der Waals surface area contributed by atoms with Crippen molar-refractivity contribution in [3.8, 4) is 5.75 Å². The van der Waals surface area contributed by atoms with Crippen LogP contribution in [0.3, 0.4) is 0 Å². The fourth-order valence-electron chi connectivity index (χ4n) is 3.79. The minimum absolute atomic E-state index is 0.240. The number of nitrogens with one attached hydrogen (secondary N) is 2. The Hall–Kier alpha value is -2.62. The van der Waals surface area contributed by atoms with Crippen molar-refractivity contribution >= 4 is 23.2 Å². The first-order valence-corrected chi connectivity index (χ1v) is 11.6. The number of aliphatic hydroxyl groups is 1. The monoisotopic (exact) mass is 505 g/mol. The number of rotatable bonds is 8. The Morgan fingerprint density at radius 3 is 2.68 bits per heavy atom. The highest BCUT2D eigenvalue weighted by atomic mass is 35.5. The van der Waals surface area contributed by atoms with Gasteiger partial charge in [-0.15, -0.1) is 0 Å². The second-order valence-corrected chi connectivity index (χ2v) is 9.08. The number of benzene rings is 2. The zero-order valence-electron chi connectivity index (χ0n) is 18.5. The van der Waals surface area contributed by atoms with Crippen LogP contribution in [0.2, 0.25) is 10.0 Å². The molecular formula is C24H25Cl2N3O5. The van der Waals surface area contributed by atoms with E-state index in [2.05, 4.69) is 10.3 Å². The first-order chi connectivity index (χ1) is 16.3. The normalized spacial score (nSPS) is 19.9. The smallest absolute Gasteiger partial charge is 0.330 e. The first kappa shape index (κ1) is 24.5. The lowest BCUT2D eigenvalue weighted by Crippen LogP contribution is -2.35. The molecule has 180 valence electrons. The van der Waals surface area contributed by atoms with E-state index in [-0.39, 0.29) is 6.42 Å². The van der Waals surface area contributed by atoms with Crippen LogP contribution in [0.15, 0.2) is 58.3 Å². The first-order valence-electron chi connectivity index (χ1n) is 10.8. The molecule has 1 saturated heterocycles. The number of ether oxygens (including phenoxy) is 2. The van der Waals surface area contributed by atoms with E-state index in [9.17, 15) is 14.7 Å². The predicted molar refractivity (Wildman–Crippen MR) is 130 cm³/mol. The molecule has 0 spiro atoms. The van der Waals surface area contributed by atoms with Crippen LogP contribution in [0.4, 0.5) is 0 Å². The van der Waals surface area contributed by atoms with Crippen LogP contribution in [-0.2, 0) is 17.9 Å². The molecule has 1 fully saturated rings. The summed E-state index contributed by atoms with van der Waals surface area (Å²) in [4.78, 5) is 26.0. The fraction of sp³-hybridized carbons (Fsp3) is 0.333. The van der Waals surface area contributed by atoms with E-state index in [0.29, 0.717) is 41.1 Å². The average molecular weight is 506 g/mol. The summed E-state index contributed by atoms with van der Waals surface area (Å²) in [5.41, 5.74) is 1.24. The van der Waals surface area contributed by atoms with Crippen molar-refractivity contribution in [1.82, 2.24) is 14.9 Å². The topological polar surface area (TPSA) is 106 Å². The summed E-state index contributed by atoms with van der Waals surface area (Å²) in [5, 5.41) is 15.0. The molecule has 0 aliphatic carbocycles. The van der Waals surface area contributed by atoms with Crippen molar-refractivity contribution in [3.05, 3.63) is 96.2 Å². The molecule has 8 nitrogen and oxygen atoms in total. The molecule has 3 atom stereocenters. The summed E-state index contributed by atoms with van der Waals surface area (Å²) >= 11 is 12.1. The minimum atomic E-state index is -0.767. The molecule has 2 aromatic carbocycles. The van der Waals surface area contributed by atoms with Gasteiger partial charge < -0.3 is 19.9 Å². The Balaban J connectivity index is 1.36. The number of aromatic amines is 1. The van der Waals surface area contributed by atoms with E-state index < -0.39 is 29.7 Å². The van der Waals surface area contributed by atoms with Crippen molar-refractivity contribution in [2.45, 2.75) is 44.9 Å². The molecule has 34 heavy (non-hydrogen) atoms. The van der Waals surface area contributed by atoms with Crippen molar-refractivity contribution in [3.63, 3.8) is 0 Å². The van der Waals surface area contributed by atoms with E-state index in [0.717, 1.165) is 11.1 Å². The molecular weight excluding hydrogens is 481 g/mol. The van der Waals surface area contributed by atoms with Gasteiger partial charge in [0.15, 0.2) is 0 Å². The lowest BCUT2D eigenvalue weighted by molar-refractivity contribution is -0.0194. The van der Waals surface area contributed by atoms with Crippen LogP contribution in [0.5, 0.6) is 5.75 Å². The Kier molecular flexibility index (Phi) is 7.75. The number of halogens is 2. The lowest BCUT2D eigenvalue weighted by atomic mass is 10.1. The second-order valence-electron chi connectivity index (χ2n) is 8.21. The molecule has 2 heterocycles. The van der Waals surface area contributed by atoms with Gasteiger partial charge >= 0.3 is 5.69 Å². The largest absolute Gasteiger partial charge is 0.489 e. The molecule has 3 N–H and O–H groups in total. The Morgan fingerprint density at radius 2 is 1.91 bits per heavy atom. The summed E-state index contributed by atoms with van der Waals surface area (Å²) in [7, 11) is 0. The van der Waals surface area contributed by atoms with Gasteiger partial charge in [-0.3, -0.25) is 14.3 Å². The van der Waals surface area contributed by atoms with Crippen LogP contribution in [-0.4, -0.2) is 33.4 Å². The summed E-state index contributed by atoms with van der Waals surface area (Å²) < 4.78 is 13.2. The molecule has 0 bridgehead atoms. The van der Waals surface area contributed by atoms with Gasteiger partial charge in [-0.25, -0.2) is 4.79 Å². The highest BCUT2D eigenvalue weighted by molar-refractivity contribution is 6.30. The quantitative estimate of drug-likeness (QED) is 0.434. The maximum absolute atomic E-state index is 12.1. The summed E-state index contributed by atoms with van der Waals surface area (Å²) in [6.07, 6.45) is -0.262. The van der Waals surface area contributed by atoms with Gasteiger partial charge in [-0.05, 0) is 42.8 Å². The molecule has 0 radical (unpaired) electrons. The number of H-pyrrole nitrogens is 1. The number of hydrogen-bond acceptors (Lipinski definition) is 6. The van der Waals surface area contributed by atoms with E-state index in [1.54, 1.807) is 13.0 Å². The highest BCUT2D eigenvalue weighted by Gasteiger charge is 2.35. The number of aliphatic hydroxyl groups excluding tert-OH is 1. The maximum atomic E-state index is 12.1. The molecule has 4 rings (SSSR count). The maximum Gasteiger partial charge on any atom is 0.330 e. The molecule has 1 aromatic heterocycles. The van der Waals surface area contributed by atoms with Crippen LogP contribution in [0, 0.1) is 6.92 Å². The van der Waals surface area contributed by atoms with Gasteiger partial charge in [-0.1, -0.05) is 35.3 Å². The van der Waals surface area contributed by atoms with Crippen LogP contribution in [0.25, 0.3) is 0 Å². The van der Waals surface area contributed by atoms with Crippen LogP contribution in [0.1, 0.15) is 29.3 Å². The van der Waals surface area contributed by atoms with Gasteiger partial charge in [0.1, 0.15) is 18.6 Å². The minimum Gasteiger partial charge on any atom is -0.489 e. The van der Waals surface area contributed by atoms with E-state index in [4.69, 9.17) is 32.7 Å². The SMILES string of the molecule is Cc1cn([C@H]2C[C@H](O)[C@@H](CNCc3cc(Cl)ccc3OCc3ccc(Cl)cc3)O2)c(=O)[nH]c1=O. The van der Waals surface area contributed by atoms with E-state index in [1.165, 1.54) is 10.8 Å². The molecule has 0 unspecified atom stereocenters. The van der Waals surface area contributed by atoms with Crippen molar-refractivity contribution in [1.29, 1.82) is 0 Å². The fourth-order valence-corrected chi connectivity index (χ4v) is 4.11. The highest BCUT2D eigenvalue weighted by Crippen LogP contribution is 2.28. The van der Waals surface area contributed by atoms with Gasteiger partial charge in [0.2, 0.25) is 0 Å². The molecule has 1 aliphatic heterocycles. The zero-order valence-corrected chi connectivity index (χ0v) is 20.0. The van der Waals surface area contributed by atoms with Gasteiger partial charge in [0.05, 0.1) is 12.2 Å². The Labute approximate surface area is 206 Å². The predicted octanol–water partition coefficient (Wildman–Crippen LogP) is 3.17. The van der Waals surface area contributed by atoms with E-state index >= 15 is 0 Å². The van der Waals surface area contributed by atoms with Gasteiger partial charge in [-0.2, -0.15) is 0 Å². The molecule has 0 saturated carbocycles. The third kappa shape index (κ3) is 5.89. The Morgan fingerprint density at radius 1 is 1.18 bits per heavy atom. The standard InChI is InChI=1S/C24H25Cl2N3O5/c1-14-12-29(24(32)28-23(14)31)22-9-19(30)21(34-22)11-27-10-16-8-18(26)6-7-20(16)33-13-15-2-4-17(25)5-3-15/h2-8,12,19,21-22,27,30H,9-11,13H2,1H3,(H,28,31,32)/t19-,21+,22+/m0/s1. The average Bonchev–Trinajstić information content (AvgIpc) is 3.17. The molecule has 1 aliphatic rings. The third-order valence-electron chi connectivity index (χ3n) is 5.65. The molecule has 3 aromatic rings. The van der Waals surface area contributed by atoms with Crippen molar-refractivity contribution in [2.75, 3.05) is 6.54 Å². The van der Waals surface area contributed by atoms with Crippen molar-refractivity contribution in [2.24, 2.45) is 0 Å². The third-order valence-corrected chi connectivity index (χ3v) is 6.14. The van der Waals surface area contributed by atoms with Gasteiger partial charge in [0, 0.05) is 46.9 Å². The summed E-state index contributed by atoms with van der Waals surface area (Å²) in [5.74, 6) is 0.688. The lowest BCUT2D eigenvalue weighted by Gasteiger charge is -2.18. The molecule has 0 amide bonds. The zero-order chi connectivity index (χ0) is 24.2. The van der Waals surface area contributed by atoms with Gasteiger partial charge in [0.25, 0.3) is 5.56 Å².